The fourth-order valence-electron chi connectivity index (χ4n) is 3.98. The van der Waals surface area contributed by atoms with Gasteiger partial charge in [0.15, 0.2) is 6.61 Å². The van der Waals surface area contributed by atoms with E-state index < -0.39 is 19.1 Å². The monoisotopic (exact) mass is 379 g/mol. The highest BCUT2D eigenvalue weighted by Gasteiger charge is 2.59. The number of halogens is 1. The van der Waals surface area contributed by atoms with Gasteiger partial charge in [-0.15, -0.1) is 11.3 Å². The molecule has 130 valence electrons. The average molecular weight is 380 g/mol. The number of Topliss-reactive ketones (excluding diaryl/α,β-unsaturated/α-hetero) is 1. The number of fused-ring (bicyclic) bond motifs is 5. The molecule has 4 unspecified atom stereocenters. The highest BCUT2D eigenvalue weighted by molar-refractivity contribution is 7.18. The first kappa shape index (κ1) is 16.5. The molecule has 1 saturated carbocycles. The number of allylic oxidation sites excluding steroid dienone is 2. The van der Waals surface area contributed by atoms with Crippen molar-refractivity contribution in [2.75, 3.05) is 13.2 Å². The number of likely N-dealkylation sites (tertiary alicyclic amines) is 1. The van der Waals surface area contributed by atoms with Gasteiger partial charge in [0.05, 0.1) is 21.0 Å². The molecular formula is C17H14ClNO5S. The lowest BCUT2D eigenvalue weighted by molar-refractivity contribution is -0.152. The van der Waals surface area contributed by atoms with Gasteiger partial charge in [0, 0.05) is 0 Å². The van der Waals surface area contributed by atoms with E-state index in [1.54, 1.807) is 12.1 Å². The van der Waals surface area contributed by atoms with Crippen LogP contribution in [-0.4, -0.2) is 41.6 Å². The van der Waals surface area contributed by atoms with Crippen molar-refractivity contribution in [2.24, 2.45) is 23.7 Å². The van der Waals surface area contributed by atoms with Gasteiger partial charge in [0.2, 0.25) is 17.6 Å². The topological polar surface area (TPSA) is 80.8 Å². The number of ketones is 1. The van der Waals surface area contributed by atoms with Crippen molar-refractivity contribution in [2.45, 2.75) is 6.42 Å². The third kappa shape index (κ3) is 2.71. The molecule has 1 aromatic rings. The summed E-state index contributed by atoms with van der Waals surface area (Å²) in [4.78, 5) is 50.2. The molecule has 0 spiro atoms. The summed E-state index contributed by atoms with van der Waals surface area (Å²) in [5.74, 6) is -2.24. The standard InChI is InChI=1S/C17H14ClNO5S/c18-12-4-3-11(25-12)10(20)7-24-13(21)6-19-16(22)14-8-1-2-9(5-8)15(14)17(19)23/h1-4,8-9,14-15H,5-7H2. The number of thiophene rings is 1. The molecule has 1 aliphatic heterocycles. The van der Waals surface area contributed by atoms with E-state index in [1.165, 1.54) is 0 Å². The van der Waals surface area contributed by atoms with Crippen LogP contribution in [-0.2, 0) is 19.1 Å². The predicted octanol–water partition coefficient (Wildman–Crippen LogP) is 1.93. The Bertz CT molecular complexity index is 786. The highest BCUT2D eigenvalue weighted by atomic mass is 35.5. The van der Waals surface area contributed by atoms with Crippen LogP contribution in [0.25, 0.3) is 0 Å². The summed E-state index contributed by atoms with van der Waals surface area (Å²) < 4.78 is 5.40. The summed E-state index contributed by atoms with van der Waals surface area (Å²) in [6, 6.07) is 3.14. The number of nitrogens with zero attached hydrogens (tertiary/aromatic N) is 1. The van der Waals surface area contributed by atoms with Crippen molar-refractivity contribution in [3.63, 3.8) is 0 Å². The predicted molar refractivity (Wildman–Crippen MR) is 89.1 cm³/mol. The van der Waals surface area contributed by atoms with Crippen molar-refractivity contribution in [1.29, 1.82) is 0 Å². The number of carbonyl (C=O) groups excluding carboxylic acids is 4. The Morgan fingerprint density at radius 1 is 1.16 bits per heavy atom. The second kappa shape index (κ2) is 6.07. The molecule has 1 saturated heterocycles. The Morgan fingerprint density at radius 3 is 2.36 bits per heavy atom. The molecule has 0 N–H and O–H groups in total. The van der Waals surface area contributed by atoms with Gasteiger partial charge >= 0.3 is 5.97 Å². The number of hydrogen-bond donors (Lipinski definition) is 0. The van der Waals surface area contributed by atoms with Crippen LogP contribution in [0.3, 0.4) is 0 Å². The van der Waals surface area contributed by atoms with E-state index >= 15 is 0 Å². The van der Waals surface area contributed by atoms with Crippen LogP contribution in [0.2, 0.25) is 4.34 Å². The number of imide groups is 1. The van der Waals surface area contributed by atoms with Gasteiger partial charge in [0.25, 0.3) is 0 Å². The Balaban J connectivity index is 1.35. The third-order valence-electron chi connectivity index (χ3n) is 5.06. The molecule has 4 atom stereocenters. The van der Waals surface area contributed by atoms with Crippen LogP contribution in [0.5, 0.6) is 0 Å². The molecule has 3 aliphatic rings. The van der Waals surface area contributed by atoms with Crippen LogP contribution in [0, 0.1) is 23.7 Å². The number of amides is 2. The molecule has 8 heteroatoms. The van der Waals surface area contributed by atoms with Gasteiger partial charge in [-0.3, -0.25) is 24.1 Å². The van der Waals surface area contributed by atoms with Crippen LogP contribution >= 0.6 is 22.9 Å². The minimum Gasteiger partial charge on any atom is -0.456 e. The zero-order chi connectivity index (χ0) is 17.7. The normalized spacial score (nSPS) is 29.4. The van der Waals surface area contributed by atoms with Crippen molar-refractivity contribution in [3.8, 4) is 0 Å². The average Bonchev–Trinajstić information content (AvgIpc) is 3.34. The maximum Gasteiger partial charge on any atom is 0.326 e. The molecule has 25 heavy (non-hydrogen) atoms. The molecule has 6 nitrogen and oxygen atoms in total. The van der Waals surface area contributed by atoms with Crippen molar-refractivity contribution in [1.82, 2.24) is 4.90 Å². The summed E-state index contributed by atoms with van der Waals surface area (Å²) in [7, 11) is 0. The number of rotatable bonds is 5. The number of carbonyl (C=O) groups is 4. The van der Waals surface area contributed by atoms with Gasteiger partial charge in [-0.25, -0.2) is 0 Å². The van der Waals surface area contributed by atoms with Crippen LogP contribution in [0.1, 0.15) is 16.1 Å². The van der Waals surface area contributed by atoms with Gasteiger partial charge in [-0.2, -0.15) is 0 Å². The van der Waals surface area contributed by atoms with E-state index in [0.717, 1.165) is 22.7 Å². The fourth-order valence-corrected chi connectivity index (χ4v) is 4.94. The largest absolute Gasteiger partial charge is 0.456 e. The SMILES string of the molecule is O=C(CN1C(=O)C2C3C=CC(C3)C2C1=O)OCC(=O)c1ccc(Cl)s1. The van der Waals surface area contributed by atoms with E-state index in [4.69, 9.17) is 16.3 Å². The summed E-state index contributed by atoms with van der Waals surface area (Å²) in [6.07, 6.45) is 4.82. The molecule has 2 bridgehead atoms. The molecule has 0 radical (unpaired) electrons. The Morgan fingerprint density at radius 2 is 1.80 bits per heavy atom. The molecule has 2 aliphatic carbocycles. The maximum atomic E-state index is 12.5. The number of ether oxygens (including phenoxy) is 1. The van der Waals surface area contributed by atoms with Gasteiger partial charge in [-0.1, -0.05) is 23.8 Å². The van der Waals surface area contributed by atoms with E-state index in [2.05, 4.69) is 0 Å². The lowest BCUT2D eigenvalue weighted by Crippen LogP contribution is -2.38. The summed E-state index contributed by atoms with van der Waals surface area (Å²) in [6.45, 7) is -0.881. The quantitative estimate of drug-likeness (QED) is 0.338. The zero-order valence-corrected chi connectivity index (χ0v) is 14.6. The third-order valence-corrected chi connectivity index (χ3v) is 6.33. The Labute approximate surface area is 152 Å². The van der Waals surface area contributed by atoms with Crippen LogP contribution in [0.15, 0.2) is 24.3 Å². The van der Waals surface area contributed by atoms with Crippen molar-refractivity contribution in [3.05, 3.63) is 33.5 Å². The smallest absolute Gasteiger partial charge is 0.326 e. The fraction of sp³-hybridized carbons (Fsp3) is 0.412. The Kier molecular flexibility index (Phi) is 4.00. The van der Waals surface area contributed by atoms with Crippen LogP contribution in [0.4, 0.5) is 0 Å². The summed E-state index contributed by atoms with van der Waals surface area (Å²) in [5, 5.41) is 0. The summed E-state index contributed by atoms with van der Waals surface area (Å²) in [5.41, 5.74) is 0. The molecular weight excluding hydrogens is 366 g/mol. The van der Waals surface area contributed by atoms with E-state index in [-0.39, 0.29) is 41.3 Å². The van der Waals surface area contributed by atoms with Crippen LogP contribution < -0.4 is 0 Å². The Hall–Kier alpha value is -1.99. The lowest BCUT2D eigenvalue weighted by atomic mass is 9.85. The molecule has 2 amide bonds. The molecule has 1 aromatic heterocycles. The number of hydrogen-bond acceptors (Lipinski definition) is 6. The zero-order valence-electron chi connectivity index (χ0n) is 13.0. The number of esters is 1. The maximum absolute atomic E-state index is 12.5. The van der Waals surface area contributed by atoms with Gasteiger partial charge < -0.3 is 4.74 Å². The molecule has 2 fully saturated rings. The first-order chi connectivity index (χ1) is 12.0. The van der Waals surface area contributed by atoms with Crippen molar-refractivity contribution >= 4 is 46.5 Å². The first-order valence-corrected chi connectivity index (χ1v) is 9.13. The summed E-state index contributed by atoms with van der Waals surface area (Å²) >= 11 is 6.86. The molecule has 2 heterocycles. The first-order valence-electron chi connectivity index (χ1n) is 7.93. The molecule has 4 rings (SSSR count). The van der Waals surface area contributed by atoms with Crippen molar-refractivity contribution < 1.29 is 23.9 Å². The second-order valence-electron chi connectivity index (χ2n) is 6.45. The molecule has 0 aromatic carbocycles. The minimum atomic E-state index is -0.766. The lowest BCUT2D eigenvalue weighted by Gasteiger charge is -2.16. The highest BCUT2D eigenvalue weighted by Crippen LogP contribution is 2.52. The van der Waals surface area contributed by atoms with E-state index in [1.807, 2.05) is 12.2 Å². The second-order valence-corrected chi connectivity index (χ2v) is 8.17. The van der Waals surface area contributed by atoms with E-state index in [9.17, 15) is 19.2 Å². The van der Waals surface area contributed by atoms with Gasteiger partial charge in [0.1, 0.15) is 6.54 Å². The minimum absolute atomic E-state index is 0.0950. The van der Waals surface area contributed by atoms with E-state index in [0.29, 0.717) is 9.21 Å². The van der Waals surface area contributed by atoms with Gasteiger partial charge in [-0.05, 0) is 30.4 Å².